The minimum Gasteiger partial charge on any atom is -0.263 e. The van der Waals surface area contributed by atoms with E-state index in [-0.39, 0.29) is 11.4 Å². The number of hydrogen-bond acceptors (Lipinski definition) is 3. The molecule has 1 N–H and O–H groups in total. The fraction of sp³-hybridized carbons (Fsp3) is 0.222. The number of hydrogen-bond donors (Lipinski definition) is 1. The number of terminal acetylenes is 1. The van der Waals surface area contributed by atoms with Crippen molar-refractivity contribution in [1.29, 1.82) is 0 Å². The molecular weight excluding hydrogens is 200 g/mol. The third-order valence-corrected chi connectivity index (χ3v) is 2.95. The fourth-order valence-electron chi connectivity index (χ4n) is 0.847. The molecule has 1 heterocycles. The Morgan fingerprint density at radius 1 is 1.57 bits per heavy atom. The van der Waals surface area contributed by atoms with Gasteiger partial charge in [-0.3, -0.25) is 4.98 Å². The van der Waals surface area contributed by atoms with Crippen LogP contribution in [-0.4, -0.2) is 19.9 Å². The molecule has 0 bridgehead atoms. The van der Waals surface area contributed by atoms with Crippen LogP contribution >= 0.6 is 0 Å². The Labute approximate surface area is 83.4 Å². The molecule has 1 rings (SSSR count). The van der Waals surface area contributed by atoms with E-state index >= 15 is 0 Å². The summed E-state index contributed by atoms with van der Waals surface area (Å²) < 4.78 is 25.3. The average molecular weight is 210 g/mol. The van der Waals surface area contributed by atoms with Crippen LogP contribution in [0.2, 0.25) is 0 Å². The summed E-state index contributed by atoms with van der Waals surface area (Å²) in [5.74, 6) is 2.35. The van der Waals surface area contributed by atoms with Crippen molar-refractivity contribution in [2.24, 2.45) is 0 Å². The predicted molar refractivity (Wildman–Crippen MR) is 52.9 cm³/mol. The van der Waals surface area contributed by atoms with Crippen LogP contribution in [0.25, 0.3) is 0 Å². The summed E-state index contributed by atoms with van der Waals surface area (Å²) in [7, 11) is -3.44. The van der Waals surface area contributed by atoms with Crippen LogP contribution in [0.5, 0.6) is 0 Å². The average Bonchev–Trinajstić information content (AvgIpc) is 2.19. The van der Waals surface area contributed by atoms with Gasteiger partial charge in [0.25, 0.3) is 0 Å². The highest BCUT2D eigenvalue weighted by Crippen LogP contribution is 2.04. The lowest BCUT2D eigenvalue weighted by atomic mass is 10.5. The number of sulfonamides is 1. The van der Waals surface area contributed by atoms with E-state index in [0.717, 1.165) is 0 Å². The maximum absolute atomic E-state index is 11.5. The van der Waals surface area contributed by atoms with Gasteiger partial charge in [0.15, 0.2) is 0 Å². The highest BCUT2D eigenvalue weighted by atomic mass is 32.2. The van der Waals surface area contributed by atoms with Gasteiger partial charge in [-0.2, -0.15) is 0 Å². The van der Waals surface area contributed by atoms with Gasteiger partial charge in [0.1, 0.15) is 4.90 Å². The molecule has 0 unspecified atom stereocenters. The zero-order chi connectivity index (χ0) is 10.4. The fourth-order valence-corrected chi connectivity index (χ4v) is 1.84. The molecule has 5 heteroatoms. The quantitative estimate of drug-likeness (QED) is 0.577. The molecule has 1 aromatic rings. The van der Waals surface area contributed by atoms with Gasteiger partial charge in [0.05, 0.1) is 0 Å². The lowest BCUT2D eigenvalue weighted by molar-refractivity contribution is 0.582. The highest BCUT2D eigenvalue weighted by molar-refractivity contribution is 7.89. The summed E-state index contributed by atoms with van der Waals surface area (Å²) in [6.45, 7) is 0.244. The van der Waals surface area contributed by atoms with Crippen LogP contribution in [0.1, 0.15) is 6.42 Å². The first-order valence-corrected chi connectivity index (χ1v) is 5.48. The van der Waals surface area contributed by atoms with E-state index in [1.54, 1.807) is 6.07 Å². The zero-order valence-corrected chi connectivity index (χ0v) is 8.29. The lowest BCUT2D eigenvalue weighted by Gasteiger charge is -2.03. The molecule has 1 aromatic heterocycles. The molecule has 0 radical (unpaired) electrons. The maximum Gasteiger partial charge on any atom is 0.242 e. The van der Waals surface area contributed by atoms with Gasteiger partial charge in [-0.1, -0.05) is 0 Å². The molecule has 4 nitrogen and oxygen atoms in total. The van der Waals surface area contributed by atoms with E-state index in [1.807, 2.05) is 0 Å². The Morgan fingerprint density at radius 3 is 2.93 bits per heavy atom. The Morgan fingerprint density at radius 2 is 2.36 bits per heavy atom. The molecule has 0 spiro atoms. The second-order valence-electron chi connectivity index (χ2n) is 2.54. The highest BCUT2D eigenvalue weighted by Gasteiger charge is 2.11. The van der Waals surface area contributed by atoms with Gasteiger partial charge in [-0.05, 0) is 12.1 Å². The Hall–Kier alpha value is -1.38. The third kappa shape index (κ3) is 2.83. The lowest BCUT2D eigenvalue weighted by Crippen LogP contribution is -2.24. The summed E-state index contributed by atoms with van der Waals surface area (Å²) >= 11 is 0. The SMILES string of the molecule is C#CCCNS(=O)(=O)c1cccnc1. The molecule has 14 heavy (non-hydrogen) atoms. The first kappa shape index (κ1) is 10.7. The Balaban J connectivity index is 2.73. The second kappa shape index (κ2) is 4.74. The van der Waals surface area contributed by atoms with Gasteiger partial charge in [-0.25, -0.2) is 13.1 Å². The van der Waals surface area contributed by atoms with Crippen LogP contribution in [0.15, 0.2) is 29.4 Å². The number of nitrogens with one attached hydrogen (secondary N) is 1. The molecule has 0 aliphatic heterocycles. The van der Waals surface area contributed by atoms with Gasteiger partial charge < -0.3 is 0 Å². The molecule has 74 valence electrons. The van der Waals surface area contributed by atoms with Gasteiger partial charge in [0, 0.05) is 25.4 Å². The molecule has 0 amide bonds. The maximum atomic E-state index is 11.5. The zero-order valence-electron chi connectivity index (χ0n) is 7.47. The molecule has 0 saturated heterocycles. The summed E-state index contributed by atoms with van der Waals surface area (Å²) in [6, 6.07) is 3.04. The van der Waals surface area contributed by atoms with Crippen LogP contribution in [-0.2, 0) is 10.0 Å². The van der Waals surface area contributed by atoms with Crippen LogP contribution in [0, 0.1) is 12.3 Å². The van der Waals surface area contributed by atoms with Crippen molar-refractivity contribution >= 4 is 10.0 Å². The van der Waals surface area contributed by atoms with Crippen molar-refractivity contribution in [1.82, 2.24) is 9.71 Å². The largest absolute Gasteiger partial charge is 0.263 e. The van der Waals surface area contributed by atoms with Gasteiger partial charge in [0.2, 0.25) is 10.0 Å². The Kier molecular flexibility index (Phi) is 3.63. The van der Waals surface area contributed by atoms with Crippen molar-refractivity contribution in [3.8, 4) is 12.3 Å². The van der Waals surface area contributed by atoms with Crippen molar-refractivity contribution in [2.75, 3.05) is 6.54 Å². The first-order valence-electron chi connectivity index (χ1n) is 4.00. The number of pyridine rings is 1. The van der Waals surface area contributed by atoms with E-state index in [0.29, 0.717) is 6.42 Å². The predicted octanol–water partition coefficient (Wildman–Crippen LogP) is 0.383. The number of nitrogens with zero attached hydrogens (tertiary/aromatic N) is 1. The smallest absolute Gasteiger partial charge is 0.242 e. The first-order chi connectivity index (χ1) is 6.67. The van der Waals surface area contributed by atoms with E-state index in [4.69, 9.17) is 6.42 Å². The normalized spacial score (nSPS) is 10.8. The summed E-state index contributed by atoms with van der Waals surface area (Å²) in [6.07, 6.45) is 8.18. The molecule has 0 fully saturated rings. The van der Waals surface area contributed by atoms with Crippen molar-refractivity contribution in [3.63, 3.8) is 0 Å². The van der Waals surface area contributed by atoms with Crippen LogP contribution in [0.3, 0.4) is 0 Å². The molecule has 0 aromatic carbocycles. The summed E-state index contributed by atoms with van der Waals surface area (Å²) in [5, 5.41) is 0. The van der Waals surface area contributed by atoms with E-state index in [9.17, 15) is 8.42 Å². The third-order valence-electron chi connectivity index (χ3n) is 1.51. The molecular formula is C9H10N2O2S. The van der Waals surface area contributed by atoms with Gasteiger partial charge in [-0.15, -0.1) is 12.3 Å². The minimum absolute atomic E-state index is 0.150. The molecule has 0 aliphatic carbocycles. The number of rotatable bonds is 4. The van der Waals surface area contributed by atoms with Crippen molar-refractivity contribution < 1.29 is 8.42 Å². The van der Waals surface area contributed by atoms with Crippen molar-refractivity contribution in [2.45, 2.75) is 11.3 Å². The van der Waals surface area contributed by atoms with E-state index in [1.165, 1.54) is 18.5 Å². The summed E-state index contributed by atoms with van der Waals surface area (Å²) in [4.78, 5) is 3.87. The standard InChI is InChI=1S/C9H10N2O2S/c1-2-3-7-11-14(12,13)9-5-4-6-10-8-9/h1,4-6,8,11H,3,7H2. The number of aromatic nitrogens is 1. The van der Waals surface area contributed by atoms with Crippen molar-refractivity contribution in [3.05, 3.63) is 24.5 Å². The molecule has 0 atom stereocenters. The topological polar surface area (TPSA) is 59.1 Å². The monoisotopic (exact) mass is 210 g/mol. The minimum atomic E-state index is -3.44. The van der Waals surface area contributed by atoms with Crippen LogP contribution in [0.4, 0.5) is 0 Å². The van der Waals surface area contributed by atoms with Crippen LogP contribution < -0.4 is 4.72 Å². The molecule has 0 saturated carbocycles. The van der Waals surface area contributed by atoms with E-state index < -0.39 is 10.0 Å². The summed E-state index contributed by atoms with van der Waals surface area (Å²) in [5.41, 5.74) is 0. The van der Waals surface area contributed by atoms with Gasteiger partial charge >= 0.3 is 0 Å². The Bertz CT molecular complexity index is 420. The van der Waals surface area contributed by atoms with E-state index in [2.05, 4.69) is 15.6 Å². The molecule has 0 aliphatic rings. The second-order valence-corrected chi connectivity index (χ2v) is 4.31.